The monoisotopic (exact) mass is 342 g/mol. The zero-order valence-electron chi connectivity index (χ0n) is 15.2. The van der Waals surface area contributed by atoms with Crippen LogP contribution in [0.3, 0.4) is 0 Å². The van der Waals surface area contributed by atoms with Crippen molar-refractivity contribution in [2.24, 2.45) is 23.2 Å². The summed E-state index contributed by atoms with van der Waals surface area (Å²) in [4.78, 5) is 11.0. The summed E-state index contributed by atoms with van der Waals surface area (Å²) < 4.78 is 5.92. The summed E-state index contributed by atoms with van der Waals surface area (Å²) in [5.41, 5.74) is 1.47. The van der Waals surface area contributed by atoms with E-state index in [1.807, 2.05) is 24.3 Å². The highest BCUT2D eigenvalue weighted by Crippen LogP contribution is 2.61. The molecule has 0 radical (unpaired) electrons. The lowest BCUT2D eigenvalue weighted by atomic mass is 9.48. The van der Waals surface area contributed by atoms with Crippen molar-refractivity contribution < 1.29 is 14.6 Å². The average Bonchev–Trinajstić information content (AvgIpc) is 2.57. The number of benzene rings is 1. The van der Waals surface area contributed by atoms with Gasteiger partial charge < -0.3 is 9.84 Å². The number of hydrogen-bond donors (Lipinski definition) is 1. The fourth-order valence-electron chi connectivity index (χ4n) is 6.23. The SMILES string of the molecule is CC(C(=O)O)c1ccc(OCCCC23CC4CC(CC(C4)C2)C3)cc1. The molecule has 0 amide bonds. The number of ether oxygens (including phenoxy) is 1. The van der Waals surface area contributed by atoms with Crippen LogP contribution in [0.25, 0.3) is 0 Å². The molecule has 1 atom stereocenters. The number of hydrogen-bond acceptors (Lipinski definition) is 2. The van der Waals surface area contributed by atoms with Gasteiger partial charge in [-0.15, -0.1) is 0 Å². The Hall–Kier alpha value is -1.51. The molecular weight excluding hydrogens is 312 g/mol. The zero-order valence-corrected chi connectivity index (χ0v) is 15.2. The van der Waals surface area contributed by atoms with Crippen LogP contribution in [0.1, 0.15) is 69.8 Å². The minimum atomic E-state index is -0.788. The van der Waals surface area contributed by atoms with E-state index in [0.717, 1.165) is 42.1 Å². The number of carboxylic acids is 1. The van der Waals surface area contributed by atoms with Crippen LogP contribution in [0, 0.1) is 23.2 Å². The molecule has 1 unspecified atom stereocenters. The standard InChI is InChI=1S/C22H30O3/c1-15(21(23)24)19-3-5-20(6-4-19)25-8-2-7-22-12-16-9-17(13-22)11-18(10-16)14-22/h3-6,15-18H,2,7-14H2,1H3,(H,23,24). The van der Waals surface area contributed by atoms with Crippen LogP contribution in [0.5, 0.6) is 5.75 Å². The predicted molar refractivity (Wildman–Crippen MR) is 97.8 cm³/mol. The van der Waals surface area contributed by atoms with Crippen molar-refractivity contribution in [3.05, 3.63) is 29.8 Å². The molecule has 3 heteroatoms. The Bertz CT molecular complexity index is 583. The van der Waals surface area contributed by atoms with Crippen LogP contribution < -0.4 is 4.74 Å². The second-order valence-corrected chi connectivity index (χ2v) is 9.00. The molecule has 3 nitrogen and oxygen atoms in total. The van der Waals surface area contributed by atoms with Gasteiger partial charge in [0, 0.05) is 0 Å². The lowest BCUT2D eigenvalue weighted by Crippen LogP contribution is -2.46. The second kappa shape index (κ2) is 6.66. The van der Waals surface area contributed by atoms with E-state index >= 15 is 0 Å². The van der Waals surface area contributed by atoms with Crippen molar-refractivity contribution in [1.29, 1.82) is 0 Å². The normalized spacial score (nSPS) is 34.0. The maximum absolute atomic E-state index is 11.0. The van der Waals surface area contributed by atoms with Crippen molar-refractivity contribution >= 4 is 5.97 Å². The van der Waals surface area contributed by atoms with E-state index in [0.29, 0.717) is 5.41 Å². The maximum Gasteiger partial charge on any atom is 0.310 e. The molecule has 5 rings (SSSR count). The molecule has 4 bridgehead atoms. The third kappa shape index (κ3) is 3.56. The fourth-order valence-corrected chi connectivity index (χ4v) is 6.23. The molecule has 136 valence electrons. The van der Waals surface area contributed by atoms with Crippen molar-refractivity contribution in [1.82, 2.24) is 0 Å². The van der Waals surface area contributed by atoms with Crippen molar-refractivity contribution in [2.75, 3.05) is 6.61 Å². The van der Waals surface area contributed by atoms with E-state index in [4.69, 9.17) is 9.84 Å². The highest BCUT2D eigenvalue weighted by molar-refractivity contribution is 5.75. The molecule has 1 aromatic rings. The molecular formula is C22H30O3. The third-order valence-corrected chi connectivity index (χ3v) is 7.04. The van der Waals surface area contributed by atoms with Gasteiger partial charge in [0.2, 0.25) is 0 Å². The molecule has 4 aliphatic rings. The Morgan fingerprint density at radius 1 is 1.12 bits per heavy atom. The third-order valence-electron chi connectivity index (χ3n) is 7.04. The lowest BCUT2D eigenvalue weighted by Gasteiger charge is -2.57. The van der Waals surface area contributed by atoms with Gasteiger partial charge in [-0.1, -0.05) is 12.1 Å². The Balaban J connectivity index is 1.25. The first-order valence-electron chi connectivity index (χ1n) is 9.99. The summed E-state index contributed by atoms with van der Waals surface area (Å²) in [5, 5.41) is 9.06. The maximum atomic E-state index is 11.0. The average molecular weight is 342 g/mol. The Morgan fingerprint density at radius 3 is 2.20 bits per heavy atom. The van der Waals surface area contributed by atoms with Gasteiger partial charge in [0.25, 0.3) is 0 Å². The molecule has 1 N–H and O–H groups in total. The Labute approximate surface area is 150 Å². The van der Waals surface area contributed by atoms with E-state index in [9.17, 15) is 4.79 Å². The molecule has 0 aliphatic heterocycles. The zero-order chi connectivity index (χ0) is 17.4. The van der Waals surface area contributed by atoms with Gasteiger partial charge in [-0.3, -0.25) is 4.79 Å². The first-order valence-corrected chi connectivity index (χ1v) is 9.99. The Morgan fingerprint density at radius 2 is 1.68 bits per heavy atom. The van der Waals surface area contributed by atoms with Gasteiger partial charge in [-0.25, -0.2) is 0 Å². The summed E-state index contributed by atoms with van der Waals surface area (Å²) in [6, 6.07) is 7.54. The molecule has 0 spiro atoms. The summed E-state index contributed by atoms with van der Waals surface area (Å²) in [6.45, 7) is 2.49. The number of rotatable bonds is 7. The van der Waals surface area contributed by atoms with Crippen molar-refractivity contribution in [3.63, 3.8) is 0 Å². The molecule has 25 heavy (non-hydrogen) atoms. The van der Waals surface area contributed by atoms with Crippen LogP contribution in [0.15, 0.2) is 24.3 Å². The molecule has 0 heterocycles. The van der Waals surface area contributed by atoms with E-state index < -0.39 is 11.9 Å². The highest BCUT2D eigenvalue weighted by Gasteiger charge is 2.50. The highest BCUT2D eigenvalue weighted by atomic mass is 16.5. The van der Waals surface area contributed by atoms with Gasteiger partial charge >= 0.3 is 5.97 Å². The largest absolute Gasteiger partial charge is 0.494 e. The van der Waals surface area contributed by atoms with Gasteiger partial charge in [-0.2, -0.15) is 0 Å². The van der Waals surface area contributed by atoms with Gasteiger partial charge in [-0.05, 0) is 99.2 Å². The number of aliphatic carboxylic acids is 1. The van der Waals surface area contributed by atoms with Crippen molar-refractivity contribution in [3.8, 4) is 5.75 Å². The molecule has 1 aromatic carbocycles. The fraction of sp³-hybridized carbons (Fsp3) is 0.682. The second-order valence-electron chi connectivity index (χ2n) is 9.00. The van der Waals surface area contributed by atoms with E-state index in [2.05, 4.69) is 0 Å². The minimum absolute atomic E-state index is 0.467. The van der Waals surface area contributed by atoms with Crippen LogP contribution in [-0.2, 0) is 4.79 Å². The van der Waals surface area contributed by atoms with Gasteiger partial charge in [0.1, 0.15) is 5.75 Å². The van der Waals surface area contributed by atoms with Gasteiger partial charge in [0.05, 0.1) is 12.5 Å². The first kappa shape index (κ1) is 16.9. The summed E-state index contributed by atoms with van der Waals surface area (Å²) in [6.07, 6.45) is 11.4. The number of carboxylic acid groups (broad SMARTS) is 1. The molecule has 4 fully saturated rings. The molecule has 0 saturated heterocycles. The summed E-state index contributed by atoms with van der Waals surface area (Å²) in [5.74, 6) is 2.67. The predicted octanol–water partition coefficient (Wildman–Crippen LogP) is 5.25. The van der Waals surface area contributed by atoms with Crippen molar-refractivity contribution in [2.45, 2.75) is 64.2 Å². The van der Waals surface area contributed by atoms with Crippen LogP contribution in [-0.4, -0.2) is 17.7 Å². The quantitative estimate of drug-likeness (QED) is 0.688. The Kier molecular flexibility index (Phi) is 4.51. The molecule has 0 aromatic heterocycles. The molecule has 4 aliphatic carbocycles. The minimum Gasteiger partial charge on any atom is -0.494 e. The van der Waals surface area contributed by atoms with E-state index in [-0.39, 0.29) is 0 Å². The van der Waals surface area contributed by atoms with E-state index in [1.54, 1.807) is 6.92 Å². The van der Waals surface area contributed by atoms with Crippen LogP contribution in [0.4, 0.5) is 0 Å². The van der Waals surface area contributed by atoms with Crippen LogP contribution in [0.2, 0.25) is 0 Å². The molecule has 4 saturated carbocycles. The summed E-state index contributed by atoms with van der Waals surface area (Å²) >= 11 is 0. The summed E-state index contributed by atoms with van der Waals surface area (Å²) in [7, 11) is 0. The smallest absolute Gasteiger partial charge is 0.310 e. The van der Waals surface area contributed by atoms with Crippen LogP contribution >= 0.6 is 0 Å². The topological polar surface area (TPSA) is 46.5 Å². The first-order chi connectivity index (χ1) is 12.0. The lowest BCUT2D eigenvalue weighted by molar-refractivity contribution is -0.138. The van der Waals surface area contributed by atoms with E-state index in [1.165, 1.54) is 44.9 Å². The van der Waals surface area contributed by atoms with Gasteiger partial charge in [0.15, 0.2) is 0 Å². The number of carbonyl (C=O) groups is 1.